The van der Waals surface area contributed by atoms with Crippen molar-refractivity contribution in [3.8, 4) is 0 Å². The zero-order chi connectivity index (χ0) is 12.1. The molecule has 0 bridgehead atoms. The van der Waals surface area contributed by atoms with Crippen LogP contribution >= 0.6 is 0 Å². The van der Waals surface area contributed by atoms with Gasteiger partial charge in [0.1, 0.15) is 0 Å². The van der Waals surface area contributed by atoms with Gasteiger partial charge in [-0.3, -0.25) is 9.78 Å². The van der Waals surface area contributed by atoms with Crippen molar-refractivity contribution in [2.24, 2.45) is 11.8 Å². The zero-order valence-corrected chi connectivity index (χ0v) is 10.4. The maximum absolute atomic E-state index is 11.7. The quantitative estimate of drug-likeness (QED) is 0.847. The number of amides is 1. The fourth-order valence-electron chi connectivity index (χ4n) is 1.51. The van der Waals surface area contributed by atoms with Gasteiger partial charge >= 0.3 is 0 Å². The number of rotatable bonds is 4. The lowest BCUT2D eigenvalue weighted by molar-refractivity contribution is -0.125. The standard InChI is InChI=1S/C13H20N2O/c1-9(2)12(15-13(16)10(3)4)11-6-5-7-14-8-11/h5-10,12H,1-4H3,(H,15,16)/t12-/m0/s1. The molecular formula is C13H20N2O. The van der Waals surface area contributed by atoms with Crippen molar-refractivity contribution in [1.29, 1.82) is 0 Å². The molecule has 1 heterocycles. The lowest BCUT2D eigenvalue weighted by Gasteiger charge is -2.23. The van der Waals surface area contributed by atoms with Crippen LogP contribution in [0.1, 0.15) is 39.3 Å². The van der Waals surface area contributed by atoms with E-state index in [9.17, 15) is 4.79 Å². The molecular weight excluding hydrogens is 200 g/mol. The summed E-state index contributed by atoms with van der Waals surface area (Å²) in [6.07, 6.45) is 3.55. The molecule has 0 saturated heterocycles. The largest absolute Gasteiger partial charge is 0.349 e. The fraction of sp³-hybridized carbons (Fsp3) is 0.538. The number of nitrogens with zero attached hydrogens (tertiary/aromatic N) is 1. The minimum absolute atomic E-state index is 0.0120. The van der Waals surface area contributed by atoms with E-state index in [1.54, 1.807) is 6.20 Å². The molecule has 16 heavy (non-hydrogen) atoms. The van der Waals surface area contributed by atoms with Gasteiger partial charge in [-0.25, -0.2) is 0 Å². The van der Waals surface area contributed by atoms with Crippen molar-refractivity contribution >= 4 is 5.91 Å². The monoisotopic (exact) mass is 220 g/mol. The maximum Gasteiger partial charge on any atom is 0.223 e. The van der Waals surface area contributed by atoms with E-state index in [4.69, 9.17) is 0 Å². The molecule has 1 N–H and O–H groups in total. The second-order valence-electron chi connectivity index (χ2n) is 4.67. The van der Waals surface area contributed by atoms with Crippen LogP contribution in [0.15, 0.2) is 24.5 Å². The summed E-state index contributed by atoms with van der Waals surface area (Å²) < 4.78 is 0. The van der Waals surface area contributed by atoms with Crippen LogP contribution in [-0.4, -0.2) is 10.9 Å². The highest BCUT2D eigenvalue weighted by Gasteiger charge is 2.19. The average molecular weight is 220 g/mol. The van der Waals surface area contributed by atoms with Crippen LogP contribution in [0.2, 0.25) is 0 Å². The summed E-state index contributed by atoms with van der Waals surface area (Å²) in [6, 6.07) is 3.94. The predicted molar refractivity (Wildman–Crippen MR) is 64.8 cm³/mol. The Kier molecular flexibility index (Phi) is 4.47. The highest BCUT2D eigenvalue weighted by Crippen LogP contribution is 2.20. The zero-order valence-electron chi connectivity index (χ0n) is 10.4. The molecule has 3 nitrogen and oxygen atoms in total. The topological polar surface area (TPSA) is 42.0 Å². The number of carbonyl (C=O) groups is 1. The minimum atomic E-state index is 0.0120. The predicted octanol–water partition coefficient (Wildman–Crippen LogP) is 2.55. The lowest BCUT2D eigenvalue weighted by Crippen LogP contribution is -2.34. The van der Waals surface area contributed by atoms with Gasteiger partial charge in [0, 0.05) is 18.3 Å². The van der Waals surface area contributed by atoms with Gasteiger partial charge in [-0.1, -0.05) is 33.8 Å². The van der Waals surface area contributed by atoms with Gasteiger partial charge in [0.15, 0.2) is 0 Å². The van der Waals surface area contributed by atoms with E-state index in [0.717, 1.165) is 5.56 Å². The molecule has 0 aliphatic heterocycles. The molecule has 0 aliphatic rings. The molecule has 0 saturated carbocycles. The molecule has 0 radical (unpaired) electrons. The molecule has 0 spiro atoms. The van der Waals surface area contributed by atoms with Crippen LogP contribution in [0.4, 0.5) is 0 Å². The number of hydrogen-bond donors (Lipinski definition) is 1. The molecule has 0 aliphatic carbocycles. The Morgan fingerprint density at radius 3 is 2.44 bits per heavy atom. The number of aromatic nitrogens is 1. The third kappa shape index (κ3) is 3.33. The normalized spacial score (nSPS) is 12.9. The Morgan fingerprint density at radius 2 is 2.00 bits per heavy atom. The summed E-state index contributed by atoms with van der Waals surface area (Å²) in [7, 11) is 0. The van der Waals surface area contributed by atoms with Crippen molar-refractivity contribution < 1.29 is 4.79 Å². The number of nitrogens with one attached hydrogen (secondary N) is 1. The number of hydrogen-bond acceptors (Lipinski definition) is 2. The Labute approximate surface area is 97.3 Å². The van der Waals surface area contributed by atoms with Crippen LogP contribution in [0.3, 0.4) is 0 Å². The molecule has 1 rings (SSSR count). The molecule has 0 aromatic carbocycles. The molecule has 0 fully saturated rings. The summed E-state index contributed by atoms with van der Waals surface area (Å²) in [5.41, 5.74) is 1.06. The third-order valence-electron chi connectivity index (χ3n) is 2.53. The fourth-order valence-corrected chi connectivity index (χ4v) is 1.51. The Balaban J connectivity index is 2.81. The van der Waals surface area contributed by atoms with E-state index in [0.29, 0.717) is 5.92 Å². The van der Waals surface area contributed by atoms with E-state index >= 15 is 0 Å². The van der Waals surface area contributed by atoms with E-state index < -0.39 is 0 Å². The first-order chi connectivity index (χ1) is 7.52. The summed E-state index contributed by atoms with van der Waals surface area (Å²) >= 11 is 0. The van der Waals surface area contributed by atoms with E-state index in [1.807, 2.05) is 32.2 Å². The molecule has 1 amide bonds. The Bertz CT molecular complexity index is 333. The summed E-state index contributed by atoms with van der Waals surface area (Å²) in [5, 5.41) is 3.05. The SMILES string of the molecule is CC(C)C(=O)N[C@H](c1cccnc1)C(C)C. The van der Waals surface area contributed by atoms with Crippen LogP contribution < -0.4 is 5.32 Å². The second kappa shape index (κ2) is 5.64. The van der Waals surface area contributed by atoms with Crippen molar-refractivity contribution in [2.75, 3.05) is 0 Å². The average Bonchev–Trinajstić information content (AvgIpc) is 2.26. The van der Waals surface area contributed by atoms with Gasteiger partial charge in [-0.05, 0) is 17.5 Å². The number of carbonyl (C=O) groups excluding carboxylic acids is 1. The first-order valence-electron chi connectivity index (χ1n) is 5.72. The number of pyridine rings is 1. The van der Waals surface area contributed by atoms with Gasteiger partial charge in [0.25, 0.3) is 0 Å². The summed E-state index contributed by atoms with van der Waals surface area (Å²) in [4.78, 5) is 15.8. The van der Waals surface area contributed by atoms with Crippen molar-refractivity contribution in [2.45, 2.75) is 33.7 Å². The molecule has 1 aromatic heterocycles. The van der Waals surface area contributed by atoms with E-state index in [-0.39, 0.29) is 17.9 Å². The first kappa shape index (κ1) is 12.7. The van der Waals surface area contributed by atoms with Crippen molar-refractivity contribution in [1.82, 2.24) is 10.3 Å². The molecule has 88 valence electrons. The van der Waals surface area contributed by atoms with Crippen LogP contribution in [0.25, 0.3) is 0 Å². The van der Waals surface area contributed by atoms with Crippen LogP contribution in [-0.2, 0) is 4.79 Å². The van der Waals surface area contributed by atoms with Gasteiger partial charge in [0.2, 0.25) is 5.91 Å². The van der Waals surface area contributed by atoms with E-state index in [1.165, 1.54) is 0 Å². The second-order valence-corrected chi connectivity index (χ2v) is 4.67. The summed E-state index contributed by atoms with van der Waals surface area (Å²) in [5.74, 6) is 0.451. The van der Waals surface area contributed by atoms with Gasteiger partial charge in [-0.15, -0.1) is 0 Å². The van der Waals surface area contributed by atoms with Gasteiger partial charge < -0.3 is 5.32 Å². The van der Waals surface area contributed by atoms with Crippen LogP contribution in [0.5, 0.6) is 0 Å². The maximum atomic E-state index is 11.7. The lowest BCUT2D eigenvalue weighted by atomic mass is 9.97. The van der Waals surface area contributed by atoms with Gasteiger partial charge in [-0.2, -0.15) is 0 Å². The Hall–Kier alpha value is -1.38. The van der Waals surface area contributed by atoms with Crippen molar-refractivity contribution in [3.05, 3.63) is 30.1 Å². The van der Waals surface area contributed by atoms with Gasteiger partial charge in [0.05, 0.1) is 6.04 Å². The third-order valence-corrected chi connectivity index (χ3v) is 2.53. The minimum Gasteiger partial charge on any atom is -0.349 e. The molecule has 1 aromatic rings. The first-order valence-corrected chi connectivity index (χ1v) is 5.72. The molecule has 0 unspecified atom stereocenters. The summed E-state index contributed by atoms with van der Waals surface area (Å²) in [6.45, 7) is 7.99. The Morgan fingerprint density at radius 1 is 1.31 bits per heavy atom. The van der Waals surface area contributed by atoms with Crippen molar-refractivity contribution in [3.63, 3.8) is 0 Å². The smallest absolute Gasteiger partial charge is 0.223 e. The molecule has 3 heteroatoms. The van der Waals surface area contributed by atoms with Crippen LogP contribution in [0, 0.1) is 11.8 Å². The highest BCUT2D eigenvalue weighted by molar-refractivity contribution is 5.78. The highest BCUT2D eigenvalue weighted by atomic mass is 16.1. The van der Waals surface area contributed by atoms with E-state index in [2.05, 4.69) is 24.1 Å². The molecule has 1 atom stereocenters.